The molecule has 0 bridgehead atoms. The van der Waals surface area contributed by atoms with Gasteiger partial charge >= 0.3 is 0 Å². The molecule has 1 aromatic heterocycles. The van der Waals surface area contributed by atoms with Crippen LogP contribution in [0.1, 0.15) is 27.3 Å². The summed E-state index contributed by atoms with van der Waals surface area (Å²) in [4.78, 5) is 16.9. The molecule has 1 aliphatic heterocycles. The highest BCUT2D eigenvalue weighted by Crippen LogP contribution is 2.18. The molecule has 7 nitrogen and oxygen atoms in total. The number of amides is 1. The smallest absolute Gasteiger partial charge is 0.253 e. The molecule has 1 aliphatic rings. The highest BCUT2D eigenvalue weighted by atomic mass is 16.5. The standard InChI is InChI=1S/C20H28N4O3/c1-15-19(16(2)24(21-15)12-13-25)14-22-8-10-23(11-9-22)20(26)17-4-6-18(27-3)7-5-17/h4-7,25H,8-14H2,1-3H3. The molecule has 1 saturated heterocycles. The maximum absolute atomic E-state index is 12.7. The molecule has 3 rings (SSSR count). The van der Waals surface area contributed by atoms with Crippen molar-refractivity contribution in [2.45, 2.75) is 26.9 Å². The van der Waals surface area contributed by atoms with Crippen LogP contribution >= 0.6 is 0 Å². The van der Waals surface area contributed by atoms with Crippen molar-refractivity contribution < 1.29 is 14.6 Å². The van der Waals surface area contributed by atoms with Crippen LogP contribution in [0.5, 0.6) is 5.75 Å². The van der Waals surface area contributed by atoms with Gasteiger partial charge in [0.1, 0.15) is 5.75 Å². The van der Waals surface area contributed by atoms with Crippen molar-refractivity contribution in [1.82, 2.24) is 19.6 Å². The second-order valence-electron chi connectivity index (χ2n) is 6.89. The zero-order chi connectivity index (χ0) is 19.4. The summed E-state index contributed by atoms with van der Waals surface area (Å²) in [5, 5.41) is 13.7. The molecule has 0 unspecified atom stereocenters. The lowest BCUT2D eigenvalue weighted by molar-refractivity contribution is 0.0628. The lowest BCUT2D eigenvalue weighted by Gasteiger charge is -2.34. The van der Waals surface area contributed by atoms with Gasteiger partial charge in [0.25, 0.3) is 5.91 Å². The Morgan fingerprint density at radius 2 is 1.81 bits per heavy atom. The normalized spacial score (nSPS) is 15.2. The van der Waals surface area contributed by atoms with Crippen molar-refractivity contribution >= 4 is 5.91 Å². The topological polar surface area (TPSA) is 70.8 Å². The Morgan fingerprint density at radius 1 is 1.15 bits per heavy atom. The largest absolute Gasteiger partial charge is 0.497 e. The Kier molecular flexibility index (Phi) is 6.13. The van der Waals surface area contributed by atoms with Gasteiger partial charge in [-0.1, -0.05) is 0 Å². The van der Waals surface area contributed by atoms with Gasteiger partial charge in [-0.05, 0) is 38.1 Å². The summed E-state index contributed by atoms with van der Waals surface area (Å²) in [5.74, 6) is 0.823. The first-order valence-corrected chi connectivity index (χ1v) is 9.33. The fraction of sp³-hybridized carbons (Fsp3) is 0.500. The molecule has 0 atom stereocenters. The van der Waals surface area contributed by atoms with E-state index in [4.69, 9.17) is 9.84 Å². The number of benzene rings is 1. The Labute approximate surface area is 160 Å². The number of aliphatic hydroxyl groups is 1. The molecule has 2 aromatic rings. The molecule has 7 heteroatoms. The zero-order valence-corrected chi connectivity index (χ0v) is 16.3. The number of hydrogen-bond acceptors (Lipinski definition) is 5. The van der Waals surface area contributed by atoms with E-state index in [9.17, 15) is 4.79 Å². The summed E-state index contributed by atoms with van der Waals surface area (Å²) in [5.41, 5.74) is 4.04. The molecule has 1 amide bonds. The fourth-order valence-electron chi connectivity index (χ4n) is 3.52. The number of methoxy groups -OCH3 is 1. The molecular formula is C20H28N4O3. The van der Waals surface area contributed by atoms with Crippen molar-refractivity contribution in [3.63, 3.8) is 0 Å². The van der Waals surface area contributed by atoms with Crippen molar-refractivity contribution in [2.75, 3.05) is 39.9 Å². The van der Waals surface area contributed by atoms with E-state index < -0.39 is 0 Å². The Morgan fingerprint density at radius 3 is 2.41 bits per heavy atom. The summed E-state index contributed by atoms with van der Waals surface area (Å²) >= 11 is 0. The van der Waals surface area contributed by atoms with Crippen LogP contribution in [0.4, 0.5) is 0 Å². The number of aliphatic hydroxyl groups excluding tert-OH is 1. The number of carbonyl (C=O) groups excluding carboxylic acids is 1. The average Bonchev–Trinajstić information content (AvgIpc) is 2.96. The van der Waals surface area contributed by atoms with Crippen LogP contribution in [-0.2, 0) is 13.1 Å². The molecule has 1 aromatic carbocycles. The van der Waals surface area contributed by atoms with Gasteiger partial charge in [0.05, 0.1) is 26.0 Å². The first kappa shape index (κ1) is 19.4. The molecule has 0 radical (unpaired) electrons. The average molecular weight is 372 g/mol. The van der Waals surface area contributed by atoms with Crippen LogP contribution in [0.2, 0.25) is 0 Å². The number of aryl methyl sites for hydroxylation is 1. The van der Waals surface area contributed by atoms with E-state index in [2.05, 4.69) is 16.9 Å². The Hall–Kier alpha value is -2.38. The van der Waals surface area contributed by atoms with Gasteiger partial charge < -0.3 is 14.7 Å². The first-order valence-electron chi connectivity index (χ1n) is 9.33. The molecule has 0 spiro atoms. The number of carbonyl (C=O) groups is 1. The number of ether oxygens (including phenoxy) is 1. The molecule has 1 N–H and O–H groups in total. The van der Waals surface area contributed by atoms with Crippen LogP contribution in [0, 0.1) is 13.8 Å². The van der Waals surface area contributed by atoms with Crippen LogP contribution in [-0.4, -0.2) is 70.5 Å². The fourth-order valence-corrected chi connectivity index (χ4v) is 3.52. The Balaban J connectivity index is 1.58. The maximum Gasteiger partial charge on any atom is 0.253 e. The summed E-state index contributed by atoms with van der Waals surface area (Å²) < 4.78 is 7.02. The first-order chi connectivity index (χ1) is 13.0. The van der Waals surface area contributed by atoms with E-state index in [0.29, 0.717) is 25.2 Å². The van der Waals surface area contributed by atoms with Gasteiger partial charge in [0.2, 0.25) is 0 Å². The third-order valence-electron chi connectivity index (χ3n) is 5.22. The number of rotatable bonds is 6. The lowest BCUT2D eigenvalue weighted by atomic mass is 10.1. The summed E-state index contributed by atoms with van der Waals surface area (Å²) in [6.07, 6.45) is 0. The van der Waals surface area contributed by atoms with Gasteiger partial charge in [-0.25, -0.2) is 0 Å². The van der Waals surface area contributed by atoms with Gasteiger partial charge in [-0.2, -0.15) is 5.10 Å². The third-order valence-corrected chi connectivity index (χ3v) is 5.22. The van der Waals surface area contributed by atoms with Crippen LogP contribution in [0.3, 0.4) is 0 Å². The number of piperazine rings is 1. The van der Waals surface area contributed by atoms with Crippen molar-refractivity contribution in [3.05, 3.63) is 46.8 Å². The monoisotopic (exact) mass is 372 g/mol. The molecule has 2 heterocycles. The van der Waals surface area contributed by atoms with Crippen LogP contribution in [0.25, 0.3) is 0 Å². The molecule has 146 valence electrons. The third kappa shape index (κ3) is 4.31. The van der Waals surface area contributed by atoms with E-state index in [1.54, 1.807) is 7.11 Å². The highest BCUT2D eigenvalue weighted by Gasteiger charge is 2.23. The molecular weight excluding hydrogens is 344 g/mol. The number of nitrogens with zero attached hydrogens (tertiary/aromatic N) is 4. The predicted octanol–water partition coefficient (Wildman–Crippen LogP) is 1.46. The van der Waals surface area contributed by atoms with E-state index in [1.165, 1.54) is 5.56 Å². The predicted molar refractivity (Wildman–Crippen MR) is 103 cm³/mol. The number of hydrogen-bond donors (Lipinski definition) is 1. The minimum Gasteiger partial charge on any atom is -0.497 e. The molecule has 27 heavy (non-hydrogen) atoms. The van der Waals surface area contributed by atoms with Crippen molar-refractivity contribution in [1.29, 1.82) is 0 Å². The van der Waals surface area contributed by atoms with Crippen LogP contribution in [0.15, 0.2) is 24.3 Å². The van der Waals surface area contributed by atoms with Crippen LogP contribution < -0.4 is 4.74 Å². The summed E-state index contributed by atoms with van der Waals surface area (Å²) in [6.45, 7) is 8.62. The van der Waals surface area contributed by atoms with Crippen molar-refractivity contribution in [2.24, 2.45) is 0 Å². The summed E-state index contributed by atoms with van der Waals surface area (Å²) in [7, 11) is 1.62. The van der Waals surface area contributed by atoms with Gasteiger partial charge in [0.15, 0.2) is 0 Å². The second-order valence-corrected chi connectivity index (χ2v) is 6.89. The molecule has 0 saturated carbocycles. The quantitative estimate of drug-likeness (QED) is 0.831. The number of aromatic nitrogens is 2. The summed E-state index contributed by atoms with van der Waals surface area (Å²) in [6, 6.07) is 7.27. The highest BCUT2D eigenvalue weighted by molar-refractivity contribution is 5.94. The maximum atomic E-state index is 12.7. The lowest BCUT2D eigenvalue weighted by Crippen LogP contribution is -2.48. The molecule has 1 fully saturated rings. The van der Waals surface area contributed by atoms with Crippen molar-refractivity contribution in [3.8, 4) is 5.75 Å². The SMILES string of the molecule is COc1ccc(C(=O)N2CCN(Cc3c(C)nn(CCO)c3C)CC2)cc1. The van der Waals surface area contributed by atoms with Gasteiger partial charge in [0, 0.05) is 49.5 Å². The van der Waals surface area contributed by atoms with E-state index in [0.717, 1.165) is 36.8 Å². The van der Waals surface area contributed by atoms with Gasteiger partial charge in [-0.15, -0.1) is 0 Å². The minimum absolute atomic E-state index is 0.0698. The van der Waals surface area contributed by atoms with E-state index >= 15 is 0 Å². The second kappa shape index (κ2) is 8.54. The Bertz CT molecular complexity index is 777. The van der Waals surface area contributed by atoms with E-state index in [1.807, 2.05) is 40.8 Å². The molecule has 0 aliphatic carbocycles. The van der Waals surface area contributed by atoms with E-state index in [-0.39, 0.29) is 12.5 Å². The zero-order valence-electron chi connectivity index (χ0n) is 16.3. The minimum atomic E-state index is 0.0698. The van der Waals surface area contributed by atoms with Gasteiger partial charge in [-0.3, -0.25) is 14.4 Å².